The van der Waals surface area contributed by atoms with E-state index in [0.29, 0.717) is 0 Å². The number of hydrogen-bond donors (Lipinski definition) is 0. The van der Waals surface area contributed by atoms with E-state index in [4.69, 9.17) is 14.5 Å². The average molecular weight is 430 g/mol. The molecule has 0 saturated carbocycles. The van der Waals surface area contributed by atoms with Crippen molar-refractivity contribution in [1.82, 2.24) is 0 Å². The molecule has 0 fully saturated rings. The van der Waals surface area contributed by atoms with Crippen LogP contribution in [-0.2, 0) is 9.53 Å². The van der Waals surface area contributed by atoms with Crippen LogP contribution in [0.15, 0.2) is 89.9 Å². The van der Waals surface area contributed by atoms with Crippen molar-refractivity contribution in [2.45, 2.75) is 44.8 Å². The summed E-state index contributed by atoms with van der Waals surface area (Å²) < 4.78 is 11.0. The van der Waals surface area contributed by atoms with Crippen LogP contribution < -0.4 is 4.74 Å². The Kier molecular flexibility index (Phi) is 7.82. The molecule has 0 unspecified atom stereocenters. The normalized spacial score (nSPS) is 13.5. The van der Waals surface area contributed by atoms with Gasteiger partial charge in [-0.05, 0) is 49.6 Å². The molecule has 2 atom stereocenters. The third kappa shape index (κ3) is 6.81. The van der Waals surface area contributed by atoms with E-state index in [-0.39, 0.29) is 24.3 Å². The fraction of sp³-hybridized carbons (Fsp3) is 0.286. The predicted octanol–water partition coefficient (Wildman–Crippen LogP) is 6.37. The molecule has 0 amide bonds. The summed E-state index contributed by atoms with van der Waals surface area (Å²) in [7, 11) is 1.65. The first kappa shape index (κ1) is 23.3. The van der Waals surface area contributed by atoms with Crippen LogP contribution in [0.5, 0.6) is 5.75 Å². The molecular formula is C28H31NO3. The van der Waals surface area contributed by atoms with Crippen LogP contribution in [0.1, 0.15) is 55.8 Å². The minimum atomic E-state index is -0.540. The first-order valence-corrected chi connectivity index (χ1v) is 10.8. The number of ether oxygens (including phenoxy) is 2. The number of rotatable bonds is 8. The van der Waals surface area contributed by atoms with Crippen molar-refractivity contribution in [2.75, 3.05) is 7.11 Å². The van der Waals surface area contributed by atoms with Crippen LogP contribution in [0, 0.1) is 0 Å². The van der Waals surface area contributed by atoms with Gasteiger partial charge in [0.25, 0.3) is 0 Å². The number of hydrogen-bond acceptors (Lipinski definition) is 4. The lowest BCUT2D eigenvalue weighted by molar-refractivity contribution is -0.155. The van der Waals surface area contributed by atoms with Gasteiger partial charge in [0.1, 0.15) is 11.4 Å². The standard InChI is InChI=1S/C28H31NO3/c1-28(2,3)32-26(30)19-25(22-13-9-6-10-14-22)27(23-15-17-24(31-4)18-16-23)29-20-21-11-7-5-8-12-21/h5-18,20,25,27H,19H2,1-4H3/t25-,27+/m0/s1. The van der Waals surface area contributed by atoms with Gasteiger partial charge in [-0.3, -0.25) is 9.79 Å². The molecule has 4 heteroatoms. The van der Waals surface area contributed by atoms with Gasteiger partial charge in [-0.2, -0.15) is 0 Å². The maximum Gasteiger partial charge on any atom is 0.307 e. The summed E-state index contributed by atoms with van der Waals surface area (Å²) in [6.45, 7) is 5.66. The van der Waals surface area contributed by atoms with E-state index < -0.39 is 5.60 Å². The van der Waals surface area contributed by atoms with Gasteiger partial charge in [-0.1, -0.05) is 72.8 Å². The second-order valence-electron chi connectivity index (χ2n) is 8.71. The smallest absolute Gasteiger partial charge is 0.307 e. The highest BCUT2D eigenvalue weighted by Gasteiger charge is 2.29. The molecule has 0 aliphatic carbocycles. The highest BCUT2D eigenvalue weighted by atomic mass is 16.6. The SMILES string of the molecule is COc1ccc([C@@H](N=Cc2ccccc2)[C@@H](CC(=O)OC(C)(C)C)c2ccccc2)cc1. The number of methoxy groups -OCH3 is 1. The molecule has 0 aliphatic heterocycles. The molecule has 0 radical (unpaired) electrons. The summed E-state index contributed by atoms with van der Waals surface area (Å²) in [6.07, 6.45) is 2.10. The van der Waals surface area contributed by atoms with Gasteiger partial charge in [-0.25, -0.2) is 0 Å². The van der Waals surface area contributed by atoms with E-state index >= 15 is 0 Å². The van der Waals surface area contributed by atoms with E-state index in [1.807, 2.05) is 112 Å². The van der Waals surface area contributed by atoms with Crippen LogP contribution in [0.3, 0.4) is 0 Å². The average Bonchev–Trinajstić information content (AvgIpc) is 2.79. The molecule has 3 aromatic rings. The van der Waals surface area contributed by atoms with Crippen molar-refractivity contribution in [3.05, 3.63) is 102 Å². The molecule has 166 valence electrons. The maximum absolute atomic E-state index is 12.9. The lowest BCUT2D eigenvalue weighted by Gasteiger charge is -2.27. The van der Waals surface area contributed by atoms with Gasteiger partial charge in [0.15, 0.2) is 0 Å². The molecule has 0 N–H and O–H groups in total. The van der Waals surface area contributed by atoms with Crippen molar-refractivity contribution in [1.29, 1.82) is 0 Å². The van der Waals surface area contributed by atoms with E-state index in [1.54, 1.807) is 7.11 Å². The summed E-state index contributed by atoms with van der Waals surface area (Å²) in [4.78, 5) is 17.8. The Balaban J connectivity index is 2.02. The van der Waals surface area contributed by atoms with Crippen LogP contribution >= 0.6 is 0 Å². The van der Waals surface area contributed by atoms with Gasteiger partial charge < -0.3 is 9.47 Å². The molecule has 0 heterocycles. The van der Waals surface area contributed by atoms with Crippen LogP contribution in [0.4, 0.5) is 0 Å². The van der Waals surface area contributed by atoms with Crippen molar-refractivity contribution < 1.29 is 14.3 Å². The number of carbonyl (C=O) groups excluding carboxylic acids is 1. The van der Waals surface area contributed by atoms with Gasteiger partial charge >= 0.3 is 5.97 Å². The zero-order chi connectivity index (χ0) is 23.0. The van der Waals surface area contributed by atoms with Crippen molar-refractivity contribution in [2.24, 2.45) is 4.99 Å². The molecule has 32 heavy (non-hydrogen) atoms. The molecule has 0 spiro atoms. The highest BCUT2D eigenvalue weighted by molar-refractivity contribution is 5.80. The molecule has 0 saturated heterocycles. The first-order valence-electron chi connectivity index (χ1n) is 10.8. The minimum Gasteiger partial charge on any atom is -0.497 e. The van der Waals surface area contributed by atoms with E-state index in [9.17, 15) is 4.79 Å². The zero-order valence-corrected chi connectivity index (χ0v) is 19.2. The second-order valence-corrected chi connectivity index (χ2v) is 8.71. The Morgan fingerprint density at radius 2 is 1.47 bits per heavy atom. The van der Waals surface area contributed by atoms with Crippen molar-refractivity contribution >= 4 is 12.2 Å². The molecule has 3 aromatic carbocycles. The zero-order valence-electron chi connectivity index (χ0n) is 19.2. The number of nitrogens with zero attached hydrogens (tertiary/aromatic N) is 1. The van der Waals surface area contributed by atoms with E-state index in [2.05, 4.69) is 0 Å². The van der Waals surface area contributed by atoms with Crippen molar-refractivity contribution in [3.8, 4) is 5.75 Å². The van der Waals surface area contributed by atoms with Gasteiger partial charge in [0, 0.05) is 12.1 Å². The number of esters is 1. The molecular weight excluding hydrogens is 398 g/mol. The van der Waals surface area contributed by atoms with Crippen LogP contribution in [0.25, 0.3) is 0 Å². The summed E-state index contributed by atoms with van der Waals surface area (Å²) in [6, 6.07) is 27.6. The summed E-state index contributed by atoms with van der Waals surface area (Å²) >= 11 is 0. The van der Waals surface area contributed by atoms with Crippen LogP contribution in [-0.4, -0.2) is 24.9 Å². The predicted molar refractivity (Wildman–Crippen MR) is 129 cm³/mol. The number of carbonyl (C=O) groups is 1. The van der Waals surface area contributed by atoms with Gasteiger partial charge in [0.05, 0.1) is 19.6 Å². The lowest BCUT2D eigenvalue weighted by atomic mass is 9.84. The number of benzene rings is 3. The van der Waals surface area contributed by atoms with Crippen LogP contribution in [0.2, 0.25) is 0 Å². The Hall–Kier alpha value is -3.40. The molecule has 3 rings (SSSR count). The van der Waals surface area contributed by atoms with E-state index in [0.717, 1.165) is 22.4 Å². The third-order valence-corrected chi connectivity index (χ3v) is 5.06. The molecule has 0 aliphatic rings. The summed E-state index contributed by atoms with van der Waals surface area (Å²) in [5.41, 5.74) is 2.52. The lowest BCUT2D eigenvalue weighted by Crippen LogP contribution is -2.26. The molecule has 4 nitrogen and oxygen atoms in total. The first-order chi connectivity index (χ1) is 15.4. The number of aliphatic imine (C=N–C) groups is 1. The van der Waals surface area contributed by atoms with Crippen molar-refractivity contribution in [3.63, 3.8) is 0 Å². The summed E-state index contributed by atoms with van der Waals surface area (Å²) in [5.74, 6) is 0.363. The molecule has 0 aromatic heterocycles. The van der Waals surface area contributed by atoms with Gasteiger partial charge in [-0.15, -0.1) is 0 Å². The minimum absolute atomic E-state index is 0.181. The van der Waals surface area contributed by atoms with Gasteiger partial charge in [0.2, 0.25) is 0 Å². The monoisotopic (exact) mass is 429 g/mol. The fourth-order valence-electron chi connectivity index (χ4n) is 3.60. The summed E-state index contributed by atoms with van der Waals surface area (Å²) in [5, 5.41) is 0. The highest BCUT2D eigenvalue weighted by Crippen LogP contribution is 2.38. The third-order valence-electron chi connectivity index (χ3n) is 5.06. The van der Waals surface area contributed by atoms with E-state index in [1.165, 1.54) is 0 Å². The maximum atomic E-state index is 12.9. The fourth-order valence-corrected chi connectivity index (χ4v) is 3.60. The largest absolute Gasteiger partial charge is 0.497 e. The quantitative estimate of drug-likeness (QED) is 0.309. The topological polar surface area (TPSA) is 47.9 Å². The Bertz CT molecular complexity index is 1010. The Morgan fingerprint density at radius 3 is 2.03 bits per heavy atom. The Labute approximate surface area is 190 Å². The molecule has 0 bridgehead atoms. The second kappa shape index (κ2) is 10.8. The Morgan fingerprint density at radius 1 is 0.875 bits per heavy atom.